The van der Waals surface area contributed by atoms with Crippen LogP contribution in [0, 0.1) is 25.2 Å². The molecule has 2 amide bonds. The summed E-state index contributed by atoms with van der Waals surface area (Å²) < 4.78 is 2.26. The first kappa shape index (κ1) is 27.5. The maximum atomic E-state index is 14.0. The van der Waals surface area contributed by atoms with Gasteiger partial charge >= 0.3 is 0 Å². The van der Waals surface area contributed by atoms with Crippen molar-refractivity contribution in [2.24, 2.45) is 11.3 Å². The molecule has 0 spiro atoms. The van der Waals surface area contributed by atoms with Gasteiger partial charge in [0.2, 0.25) is 11.8 Å². The summed E-state index contributed by atoms with van der Waals surface area (Å²) in [4.78, 5) is 42.2. The normalized spacial score (nSPS) is 23.9. The van der Waals surface area contributed by atoms with Gasteiger partial charge < -0.3 is 15.3 Å². The number of amides is 2. The molecule has 2 N–H and O–H groups in total. The Morgan fingerprint density at radius 1 is 1.17 bits per heavy atom. The van der Waals surface area contributed by atoms with Crippen LogP contribution in [-0.2, 0) is 16.1 Å². The SMILES string of the molecule is Cc1ncc(-c2ccc3c(c2)c(C(C)O)nn3CC(=O)N2[C@H]3[C@@H](C)[C@@]3(C)C[C@H]2C(=O)Nc2nc(Br)ccc2C)cn1. The largest absolute Gasteiger partial charge is 0.387 e. The summed E-state index contributed by atoms with van der Waals surface area (Å²) in [6.45, 7) is 9.60. The molecule has 0 bridgehead atoms. The number of nitrogens with one attached hydrogen (secondary N) is 1. The van der Waals surface area contributed by atoms with E-state index in [4.69, 9.17) is 0 Å². The van der Waals surface area contributed by atoms with Gasteiger partial charge in [-0.1, -0.05) is 26.0 Å². The van der Waals surface area contributed by atoms with Crippen LogP contribution < -0.4 is 5.32 Å². The lowest BCUT2D eigenvalue weighted by Gasteiger charge is -2.28. The van der Waals surface area contributed by atoms with E-state index in [1.54, 1.807) is 28.9 Å². The molecule has 4 heterocycles. The Morgan fingerprint density at radius 2 is 1.90 bits per heavy atom. The fourth-order valence-electron chi connectivity index (χ4n) is 6.29. The second-order valence-corrected chi connectivity index (χ2v) is 12.3. The third-order valence-electron chi connectivity index (χ3n) is 8.82. The van der Waals surface area contributed by atoms with E-state index in [0.29, 0.717) is 34.3 Å². The van der Waals surface area contributed by atoms with Crippen molar-refractivity contribution in [3.8, 4) is 11.1 Å². The average Bonchev–Trinajstić information content (AvgIpc) is 3.21. The summed E-state index contributed by atoms with van der Waals surface area (Å²) in [7, 11) is 0. The number of hydrogen-bond donors (Lipinski definition) is 2. The van der Waals surface area contributed by atoms with Gasteiger partial charge in [0.25, 0.3) is 0 Å². The molecule has 1 aromatic carbocycles. The summed E-state index contributed by atoms with van der Waals surface area (Å²) in [5.74, 6) is 1.03. The van der Waals surface area contributed by atoms with Crippen LogP contribution in [0.2, 0.25) is 0 Å². The lowest BCUT2D eigenvalue weighted by molar-refractivity contribution is -0.139. The van der Waals surface area contributed by atoms with Crippen LogP contribution in [0.15, 0.2) is 47.3 Å². The van der Waals surface area contributed by atoms with Crippen molar-refractivity contribution in [1.82, 2.24) is 29.6 Å². The Hall–Kier alpha value is -3.70. The summed E-state index contributed by atoms with van der Waals surface area (Å²) in [5, 5.41) is 18.9. The van der Waals surface area contributed by atoms with Crippen molar-refractivity contribution in [3.05, 3.63) is 64.4 Å². The van der Waals surface area contributed by atoms with Crippen LogP contribution >= 0.6 is 15.9 Å². The molecular weight excluding hydrogens is 586 g/mol. The van der Waals surface area contributed by atoms with Crippen LogP contribution in [0.5, 0.6) is 0 Å². The molecule has 41 heavy (non-hydrogen) atoms. The smallest absolute Gasteiger partial charge is 0.248 e. The minimum atomic E-state index is -0.837. The zero-order chi connectivity index (χ0) is 29.2. The molecule has 5 atom stereocenters. The number of aliphatic hydroxyl groups is 1. The lowest BCUT2D eigenvalue weighted by atomic mass is 9.98. The Bertz CT molecular complexity index is 1690. The summed E-state index contributed by atoms with van der Waals surface area (Å²) >= 11 is 3.37. The van der Waals surface area contributed by atoms with Crippen molar-refractivity contribution < 1.29 is 14.7 Å². The lowest BCUT2D eigenvalue weighted by Crippen LogP contribution is -2.47. The maximum absolute atomic E-state index is 14.0. The molecule has 2 aliphatic rings. The van der Waals surface area contributed by atoms with E-state index in [2.05, 4.69) is 55.1 Å². The molecule has 3 aromatic heterocycles. The Morgan fingerprint density at radius 3 is 2.61 bits per heavy atom. The number of piperidine rings is 1. The molecule has 1 aliphatic carbocycles. The molecule has 4 aromatic rings. The van der Waals surface area contributed by atoms with Crippen LogP contribution in [0.1, 0.15) is 50.4 Å². The van der Waals surface area contributed by atoms with E-state index in [0.717, 1.165) is 27.6 Å². The third kappa shape index (κ3) is 4.70. The van der Waals surface area contributed by atoms with E-state index in [1.165, 1.54) is 0 Å². The molecule has 0 radical (unpaired) electrons. The molecule has 1 saturated carbocycles. The maximum Gasteiger partial charge on any atom is 0.248 e. The molecule has 6 rings (SSSR count). The number of aryl methyl sites for hydroxylation is 2. The highest BCUT2D eigenvalue weighted by molar-refractivity contribution is 9.10. The number of likely N-dealkylation sites (tertiary alicyclic amines) is 1. The number of fused-ring (bicyclic) bond motifs is 2. The minimum absolute atomic E-state index is 0.0199. The Kier molecular flexibility index (Phi) is 6.69. The monoisotopic (exact) mass is 617 g/mol. The number of rotatable bonds is 6. The van der Waals surface area contributed by atoms with Gasteiger partial charge in [-0.3, -0.25) is 14.3 Å². The van der Waals surface area contributed by atoms with Crippen molar-refractivity contribution in [2.45, 2.75) is 65.8 Å². The highest BCUT2D eigenvalue weighted by Crippen LogP contribution is 2.64. The summed E-state index contributed by atoms with van der Waals surface area (Å²) in [5.41, 5.74) is 3.68. The Balaban J connectivity index is 1.30. The van der Waals surface area contributed by atoms with Crippen molar-refractivity contribution >= 4 is 44.5 Å². The number of halogens is 1. The van der Waals surface area contributed by atoms with Gasteiger partial charge in [-0.2, -0.15) is 5.10 Å². The zero-order valence-electron chi connectivity index (χ0n) is 23.6. The molecule has 2 fully saturated rings. The standard InChI is InChI=1S/C30H32BrN7O3/c1-15-6-9-24(31)34-28(15)35-29(41)23-11-30(5)16(2)27(30)38(23)25(40)14-37-22-8-7-19(20-12-32-18(4)33-13-20)10-21(22)26(36-37)17(3)39/h6-10,12-13,16-17,23,27,39H,11,14H2,1-5H3,(H,34,35,41)/t16-,17?,23+,27+,30-/m1/s1. The van der Waals surface area contributed by atoms with E-state index in [-0.39, 0.29) is 29.8 Å². The third-order valence-corrected chi connectivity index (χ3v) is 9.26. The van der Waals surface area contributed by atoms with Crippen LogP contribution in [0.4, 0.5) is 5.82 Å². The van der Waals surface area contributed by atoms with Gasteiger partial charge in [-0.25, -0.2) is 15.0 Å². The number of nitrogens with zero attached hydrogens (tertiary/aromatic N) is 6. The van der Waals surface area contributed by atoms with Crippen molar-refractivity contribution in [3.63, 3.8) is 0 Å². The molecule has 212 valence electrons. The molecule has 1 unspecified atom stereocenters. The number of hydrogen-bond acceptors (Lipinski definition) is 7. The molecule has 11 heteroatoms. The van der Waals surface area contributed by atoms with E-state index < -0.39 is 12.1 Å². The molecular formula is C30H32BrN7O3. The summed E-state index contributed by atoms with van der Waals surface area (Å²) in [6.07, 6.45) is 3.27. The number of aromatic nitrogens is 5. The van der Waals surface area contributed by atoms with Crippen LogP contribution in [-0.4, -0.2) is 58.6 Å². The number of carbonyl (C=O) groups is 2. The zero-order valence-corrected chi connectivity index (χ0v) is 25.2. The van der Waals surface area contributed by atoms with Crippen molar-refractivity contribution in [2.75, 3.05) is 5.32 Å². The van der Waals surface area contributed by atoms with Gasteiger partial charge in [-0.15, -0.1) is 0 Å². The number of anilines is 1. The van der Waals surface area contributed by atoms with E-state index >= 15 is 0 Å². The average molecular weight is 619 g/mol. The summed E-state index contributed by atoms with van der Waals surface area (Å²) in [6, 6.07) is 8.85. The van der Waals surface area contributed by atoms with Crippen LogP contribution in [0.25, 0.3) is 22.0 Å². The Labute approximate surface area is 246 Å². The molecule has 1 saturated heterocycles. The van der Waals surface area contributed by atoms with Crippen LogP contribution in [0.3, 0.4) is 0 Å². The predicted molar refractivity (Wildman–Crippen MR) is 158 cm³/mol. The second-order valence-electron chi connectivity index (χ2n) is 11.5. The number of pyridine rings is 1. The highest BCUT2D eigenvalue weighted by Gasteiger charge is 2.70. The predicted octanol–water partition coefficient (Wildman–Crippen LogP) is 4.59. The van der Waals surface area contributed by atoms with Gasteiger partial charge in [0, 0.05) is 29.4 Å². The van der Waals surface area contributed by atoms with Gasteiger partial charge in [0.05, 0.1) is 17.3 Å². The number of aliphatic hydroxyl groups excluding tert-OH is 1. The van der Waals surface area contributed by atoms with Gasteiger partial charge in [0.1, 0.15) is 28.8 Å². The van der Waals surface area contributed by atoms with E-state index in [1.807, 2.05) is 44.2 Å². The number of benzene rings is 1. The first-order valence-electron chi connectivity index (χ1n) is 13.7. The van der Waals surface area contributed by atoms with Crippen molar-refractivity contribution in [1.29, 1.82) is 0 Å². The fourth-order valence-corrected chi connectivity index (χ4v) is 6.60. The molecule has 10 nitrogen and oxygen atoms in total. The topological polar surface area (TPSA) is 126 Å². The quantitative estimate of drug-likeness (QED) is 0.303. The number of carbonyl (C=O) groups excluding carboxylic acids is 2. The van der Waals surface area contributed by atoms with E-state index in [9.17, 15) is 14.7 Å². The minimum Gasteiger partial charge on any atom is -0.387 e. The fraction of sp³-hybridized carbons (Fsp3) is 0.400. The second kappa shape index (κ2) is 9.99. The first-order chi connectivity index (χ1) is 19.5. The van der Waals surface area contributed by atoms with Gasteiger partial charge in [-0.05, 0) is 83.8 Å². The highest BCUT2D eigenvalue weighted by atomic mass is 79.9. The molecule has 1 aliphatic heterocycles. The first-order valence-corrected chi connectivity index (χ1v) is 14.5. The van der Waals surface area contributed by atoms with Gasteiger partial charge in [0.15, 0.2) is 0 Å².